The number of halogens is 2. The van der Waals surface area contributed by atoms with Gasteiger partial charge in [0, 0.05) is 17.1 Å². The zero-order chi connectivity index (χ0) is 14.1. The van der Waals surface area contributed by atoms with E-state index in [1.165, 1.54) is 25.7 Å². The summed E-state index contributed by atoms with van der Waals surface area (Å²) in [5, 5.41) is 4.33. The fraction of sp³-hybridized carbons (Fsp3) is 0.600. The molecule has 0 unspecified atom stereocenters. The molecule has 0 heterocycles. The van der Waals surface area contributed by atoms with Crippen molar-refractivity contribution >= 4 is 23.2 Å². The highest BCUT2D eigenvalue weighted by Gasteiger charge is 2.10. The number of hydrogen-bond acceptors (Lipinski definition) is 2. The molecule has 1 rings (SSSR count). The van der Waals surface area contributed by atoms with Gasteiger partial charge in [0.15, 0.2) is 0 Å². The Balaban J connectivity index is 2.51. The summed E-state index contributed by atoms with van der Waals surface area (Å²) in [6.07, 6.45) is 6.11. The number of ether oxygens (including phenoxy) is 1. The van der Waals surface area contributed by atoms with Crippen molar-refractivity contribution in [2.24, 2.45) is 0 Å². The van der Waals surface area contributed by atoms with Crippen molar-refractivity contribution < 1.29 is 4.74 Å². The average Bonchev–Trinajstić information content (AvgIpc) is 2.36. The van der Waals surface area contributed by atoms with Crippen LogP contribution in [-0.4, -0.2) is 13.7 Å². The lowest BCUT2D eigenvalue weighted by Gasteiger charge is -2.13. The van der Waals surface area contributed by atoms with Crippen LogP contribution in [0.4, 0.5) is 0 Å². The molecule has 1 aromatic carbocycles. The van der Waals surface area contributed by atoms with Crippen molar-refractivity contribution in [1.29, 1.82) is 0 Å². The first-order valence-corrected chi connectivity index (χ1v) is 7.70. The third kappa shape index (κ3) is 6.03. The molecule has 0 aromatic heterocycles. The summed E-state index contributed by atoms with van der Waals surface area (Å²) in [5.74, 6) is 0.760. The molecule has 0 amide bonds. The van der Waals surface area contributed by atoms with Crippen LogP contribution in [0.1, 0.15) is 44.6 Å². The quantitative estimate of drug-likeness (QED) is 0.644. The molecule has 108 valence electrons. The molecule has 0 radical (unpaired) electrons. The van der Waals surface area contributed by atoms with E-state index in [2.05, 4.69) is 12.2 Å². The number of hydrogen-bond donors (Lipinski definition) is 1. The number of rotatable bonds is 9. The van der Waals surface area contributed by atoms with Gasteiger partial charge in [-0.1, -0.05) is 55.8 Å². The zero-order valence-electron chi connectivity index (χ0n) is 11.8. The first-order chi connectivity index (χ1) is 9.19. The van der Waals surface area contributed by atoms with Crippen LogP contribution in [-0.2, 0) is 6.54 Å². The molecule has 0 aliphatic carbocycles. The minimum absolute atomic E-state index is 0.589. The smallest absolute Gasteiger partial charge is 0.142 e. The van der Waals surface area contributed by atoms with Gasteiger partial charge in [-0.15, -0.1) is 0 Å². The largest absolute Gasteiger partial charge is 0.492 e. The topological polar surface area (TPSA) is 21.3 Å². The minimum atomic E-state index is 0.589. The minimum Gasteiger partial charge on any atom is -0.492 e. The van der Waals surface area contributed by atoms with Crippen LogP contribution in [0.5, 0.6) is 5.75 Å². The lowest BCUT2D eigenvalue weighted by Crippen LogP contribution is -2.08. The summed E-state index contributed by atoms with van der Waals surface area (Å²) in [5.41, 5.74) is 1.01. The molecule has 0 bridgehead atoms. The fourth-order valence-electron chi connectivity index (χ4n) is 1.98. The maximum absolute atomic E-state index is 6.20. The zero-order valence-corrected chi connectivity index (χ0v) is 13.3. The van der Waals surface area contributed by atoms with E-state index in [0.717, 1.165) is 17.7 Å². The highest BCUT2D eigenvalue weighted by atomic mass is 35.5. The Bertz CT molecular complexity index is 383. The normalized spacial score (nSPS) is 10.7. The molecule has 19 heavy (non-hydrogen) atoms. The van der Waals surface area contributed by atoms with Gasteiger partial charge in [0.25, 0.3) is 0 Å². The maximum atomic E-state index is 6.20. The fourth-order valence-corrected chi connectivity index (χ4v) is 2.57. The van der Waals surface area contributed by atoms with E-state index in [1.807, 2.05) is 13.1 Å². The predicted molar refractivity (Wildman–Crippen MR) is 83.5 cm³/mol. The molecule has 0 saturated carbocycles. The van der Waals surface area contributed by atoms with E-state index in [0.29, 0.717) is 23.2 Å². The summed E-state index contributed by atoms with van der Waals surface area (Å²) < 4.78 is 5.83. The molecular formula is C15H23Cl2NO. The van der Waals surface area contributed by atoms with Gasteiger partial charge >= 0.3 is 0 Å². The monoisotopic (exact) mass is 303 g/mol. The van der Waals surface area contributed by atoms with Gasteiger partial charge in [0.2, 0.25) is 0 Å². The summed E-state index contributed by atoms with van der Waals surface area (Å²) in [4.78, 5) is 0. The van der Waals surface area contributed by atoms with Gasteiger partial charge in [-0.25, -0.2) is 0 Å². The molecule has 0 fully saturated rings. The molecular weight excluding hydrogens is 281 g/mol. The lowest BCUT2D eigenvalue weighted by atomic mass is 10.1. The second kappa shape index (κ2) is 9.46. The van der Waals surface area contributed by atoms with Crippen LogP contribution in [0.25, 0.3) is 0 Å². The Labute approximate surface area is 126 Å². The summed E-state index contributed by atoms with van der Waals surface area (Å²) in [6, 6.07) is 3.63. The Morgan fingerprint density at radius 3 is 2.53 bits per heavy atom. The van der Waals surface area contributed by atoms with E-state index in [4.69, 9.17) is 27.9 Å². The van der Waals surface area contributed by atoms with Crippen molar-refractivity contribution in [3.05, 3.63) is 27.7 Å². The Morgan fingerprint density at radius 2 is 1.84 bits per heavy atom. The molecule has 0 atom stereocenters. The second-order valence-corrected chi connectivity index (χ2v) is 5.51. The number of unbranched alkanes of at least 4 members (excludes halogenated alkanes) is 4. The number of benzene rings is 1. The van der Waals surface area contributed by atoms with E-state index in [9.17, 15) is 0 Å². The summed E-state index contributed by atoms with van der Waals surface area (Å²) in [6.45, 7) is 3.63. The van der Waals surface area contributed by atoms with Crippen LogP contribution in [0.15, 0.2) is 12.1 Å². The maximum Gasteiger partial charge on any atom is 0.142 e. The predicted octanol–water partition coefficient (Wildman–Crippen LogP) is 5.06. The van der Waals surface area contributed by atoms with Crippen LogP contribution < -0.4 is 10.1 Å². The van der Waals surface area contributed by atoms with Crippen molar-refractivity contribution in [2.45, 2.75) is 45.6 Å². The molecule has 1 aromatic rings. The third-order valence-electron chi connectivity index (χ3n) is 2.95. The van der Waals surface area contributed by atoms with Gasteiger partial charge in [-0.05, 0) is 25.6 Å². The van der Waals surface area contributed by atoms with E-state index >= 15 is 0 Å². The summed E-state index contributed by atoms with van der Waals surface area (Å²) >= 11 is 12.2. The highest BCUT2D eigenvalue weighted by Crippen LogP contribution is 2.32. The van der Waals surface area contributed by atoms with Crippen LogP contribution in [0.2, 0.25) is 10.0 Å². The molecule has 0 saturated heterocycles. The third-order valence-corrected chi connectivity index (χ3v) is 3.45. The van der Waals surface area contributed by atoms with Crippen LogP contribution in [0.3, 0.4) is 0 Å². The number of nitrogens with one attached hydrogen (secondary N) is 1. The van der Waals surface area contributed by atoms with Crippen molar-refractivity contribution in [1.82, 2.24) is 5.32 Å². The van der Waals surface area contributed by atoms with Gasteiger partial charge < -0.3 is 10.1 Å². The van der Waals surface area contributed by atoms with Crippen molar-refractivity contribution in [2.75, 3.05) is 13.7 Å². The SMILES string of the molecule is CCCCCCCOc1c(Cl)cc(Cl)cc1CNC. The lowest BCUT2D eigenvalue weighted by molar-refractivity contribution is 0.301. The molecule has 2 nitrogen and oxygen atoms in total. The highest BCUT2D eigenvalue weighted by molar-refractivity contribution is 6.35. The average molecular weight is 304 g/mol. The van der Waals surface area contributed by atoms with Crippen molar-refractivity contribution in [3.8, 4) is 5.75 Å². The molecule has 0 aliphatic heterocycles. The molecule has 1 N–H and O–H groups in total. The van der Waals surface area contributed by atoms with E-state index in [-0.39, 0.29) is 0 Å². The summed E-state index contributed by atoms with van der Waals surface area (Å²) in [7, 11) is 1.89. The molecule has 4 heteroatoms. The van der Waals surface area contributed by atoms with Crippen LogP contribution in [0, 0.1) is 0 Å². The first kappa shape index (κ1) is 16.6. The Kier molecular flexibility index (Phi) is 8.27. The standard InChI is InChI=1S/C15H23Cl2NO/c1-3-4-5-6-7-8-19-15-12(11-18-2)9-13(16)10-14(15)17/h9-10,18H,3-8,11H2,1-2H3. The Hall–Kier alpha value is -0.440. The molecule has 0 spiro atoms. The first-order valence-electron chi connectivity index (χ1n) is 6.94. The van der Waals surface area contributed by atoms with E-state index < -0.39 is 0 Å². The van der Waals surface area contributed by atoms with Gasteiger partial charge in [-0.2, -0.15) is 0 Å². The van der Waals surface area contributed by atoms with Gasteiger partial charge in [-0.3, -0.25) is 0 Å². The second-order valence-electron chi connectivity index (χ2n) is 4.67. The Morgan fingerprint density at radius 1 is 1.11 bits per heavy atom. The van der Waals surface area contributed by atoms with Gasteiger partial charge in [0.1, 0.15) is 5.75 Å². The van der Waals surface area contributed by atoms with Crippen molar-refractivity contribution in [3.63, 3.8) is 0 Å². The van der Waals surface area contributed by atoms with Crippen LogP contribution >= 0.6 is 23.2 Å². The molecule has 0 aliphatic rings. The van der Waals surface area contributed by atoms with Gasteiger partial charge in [0.05, 0.1) is 11.6 Å². The van der Waals surface area contributed by atoms with E-state index in [1.54, 1.807) is 6.07 Å².